The van der Waals surface area contributed by atoms with Gasteiger partial charge in [-0.2, -0.15) is 0 Å². The van der Waals surface area contributed by atoms with E-state index < -0.39 is 0 Å². The second-order valence-electron chi connectivity index (χ2n) is 5.19. The van der Waals surface area contributed by atoms with Crippen molar-refractivity contribution in [3.8, 4) is 0 Å². The highest BCUT2D eigenvalue weighted by atomic mass is 79.9. The van der Waals surface area contributed by atoms with Gasteiger partial charge in [-0.05, 0) is 37.1 Å². The molecule has 2 heteroatoms. The Balaban J connectivity index is 2.18. The van der Waals surface area contributed by atoms with E-state index in [9.17, 15) is 0 Å². The molecule has 0 spiro atoms. The number of para-hydroxylation sites is 2. The first-order chi connectivity index (χ1) is 10.3. The van der Waals surface area contributed by atoms with Gasteiger partial charge in [0.15, 0.2) is 0 Å². The zero-order chi connectivity index (χ0) is 14.7. The molecule has 1 unspecified atom stereocenters. The minimum absolute atomic E-state index is 0.247. The minimum atomic E-state index is 0.247. The lowest BCUT2D eigenvalue weighted by Gasteiger charge is -2.32. The maximum absolute atomic E-state index is 3.73. The maximum Gasteiger partial charge on any atom is 0.0628 e. The molecule has 1 nitrogen and oxygen atoms in total. The third-order valence-corrected chi connectivity index (χ3v) is 4.73. The Kier molecular flexibility index (Phi) is 4.26. The predicted octanol–water partition coefficient (Wildman–Crippen LogP) is 5.60. The van der Waals surface area contributed by atoms with Gasteiger partial charge in [-0.25, -0.2) is 0 Å². The Morgan fingerprint density at radius 1 is 1.00 bits per heavy atom. The Morgan fingerprint density at radius 2 is 1.71 bits per heavy atom. The van der Waals surface area contributed by atoms with Crippen LogP contribution in [0.1, 0.15) is 12.5 Å². The fourth-order valence-corrected chi connectivity index (χ4v) is 3.05. The van der Waals surface area contributed by atoms with Crippen LogP contribution in [0.15, 0.2) is 77.3 Å². The largest absolute Gasteiger partial charge is 0.333 e. The first kappa shape index (κ1) is 14.2. The minimum Gasteiger partial charge on any atom is -0.333 e. The molecule has 3 rings (SSSR count). The summed E-state index contributed by atoms with van der Waals surface area (Å²) in [5, 5.41) is 0. The molecular formula is C19H18BrN. The van der Waals surface area contributed by atoms with E-state index in [0.717, 1.165) is 6.42 Å². The van der Waals surface area contributed by atoms with E-state index in [1.807, 2.05) is 0 Å². The average molecular weight is 340 g/mol. The quantitative estimate of drug-likeness (QED) is 0.653. The standard InChI is InChI=1S/C19H18BrN/c1-15-18(20)13-7-5-9-16-10-6-8-14-19(16)21(15)17-11-3-2-4-12-17/h2-8,10-15H,9H2,1H3/b7-5-,18-13+. The number of benzene rings is 2. The molecule has 1 heterocycles. The van der Waals surface area contributed by atoms with Crippen molar-refractivity contribution in [1.29, 1.82) is 0 Å². The summed E-state index contributed by atoms with van der Waals surface area (Å²) in [6.45, 7) is 2.23. The second kappa shape index (κ2) is 6.31. The third kappa shape index (κ3) is 2.96. The van der Waals surface area contributed by atoms with Crippen molar-refractivity contribution in [2.45, 2.75) is 19.4 Å². The van der Waals surface area contributed by atoms with Gasteiger partial charge in [-0.1, -0.05) is 70.6 Å². The molecule has 0 saturated carbocycles. The van der Waals surface area contributed by atoms with Crippen LogP contribution in [-0.2, 0) is 6.42 Å². The number of allylic oxidation sites excluding steroid dienone is 3. The zero-order valence-corrected chi connectivity index (χ0v) is 13.6. The topological polar surface area (TPSA) is 3.24 Å². The number of fused-ring (bicyclic) bond motifs is 1. The molecule has 0 saturated heterocycles. The molecule has 0 bridgehead atoms. The van der Waals surface area contributed by atoms with Gasteiger partial charge in [-0.3, -0.25) is 0 Å². The SMILES string of the molecule is CC1/C(Br)=C\C=C/Cc2ccccc2N1c1ccccc1. The molecular weight excluding hydrogens is 322 g/mol. The number of anilines is 2. The molecule has 1 aliphatic heterocycles. The van der Waals surface area contributed by atoms with Crippen molar-refractivity contribution in [2.24, 2.45) is 0 Å². The highest BCUT2D eigenvalue weighted by Gasteiger charge is 2.21. The zero-order valence-electron chi connectivity index (χ0n) is 12.0. The summed E-state index contributed by atoms with van der Waals surface area (Å²) in [6.07, 6.45) is 7.43. The summed E-state index contributed by atoms with van der Waals surface area (Å²) >= 11 is 3.73. The second-order valence-corrected chi connectivity index (χ2v) is 6.11. The molecule has 0 aliphatic carbocycles. The molecule has 0 amide bonds. The summed E-state index contributed by atoms with van der Waals surface area (Å²) in [4.78, 5) is 2.39. The number of hydrogen-bond acceptors (Lipinski definition) is 1. The van der Waals surface area contributed by atoms with Gasteiger partial charge in [0.1, 0.15) is 0 Å². The fourth-order valence-electron chi connectivity index (χ4n) is 2.70. The van der Waals surface area contributed by atoms with Crippen LogP contribution < -0.4 is 4.90 Å². The first-order valence-electron chi connectivity index (χ1n) is 7.22. The predicted molar refractivity (Wildman–Crippen MR) is 94.3 cm³/mol. The number of halogens is 1. The molecule has 106 valence electrons. The Hall–Kier alpha value is -1.80. The molecule has 1 aliphatic rings. The van der Waals surface area contributed by atoms with Gasteiger partial charge in [0, 0.05) is 15.9 Å². The van der Waals surface area contributed by atoms with Crippen LogP contribution in [-0.4, -0.2) is 6.04 Å². The lowest BCUT2D eigenvalue weighted by molar-refractivity contribution is 0.851. The lowest BCUT2D eigenvalue weighted by atomic mass is 10.1. The van der Waals surface area contributed by atoms with Gasteiger partial charge >= 0.3 is 0 Å². The Labute approximate surface area is 134 Å². The van der Waals surface area contributed by atoms with Gasteiger partial charge in [0.25, 0.3) is 0 Å². The Bertz CT molecular complexity index is 673. The summed E-state index contributed by atoms with van der Waals surface area (Å²) in [6, 6.07) is 19.5. The van der Waals surface area contributed by atoms with Crippen molar-refractivity contribution in [3.63, 3.8) is 0 Å². The van der Waals surface area contributed by atoms with E-state index in [1.165, 1.54) is 21.4 Å². The van der Waals surface area contributed by atoms with Gasteiger partial charge in [0.05, 0.1) is 6.04 Å². The third-order valence-electron chi connectivity index (χ3n) is 3.80. The van der Waals surface area contributed by atoms with E-state index >= 15 is 0 Å². The van der Waals surface area contributed by atoms with E-state index in [1.54, 1.807) is 0 Å². The molecule has 1 atom stereocenters. The number of rotatable bonds is 1. The molecule has 0 aromatic heterocycles. The fraction of sp³-hybridized carbons (Fsp3) is 0.158. The van der Waals surface area contributed by atoms with E-state index in [-0.39, 0.29) is 6.04 Å². The highest BCUT2D eigenvalue weighted by molar-refractivity contribution is 9.11. The van der Waals surface area contributed by atoms with E-state index in [4.69, 9.17) is 0 Å². The van der Waals surface area contributed by atoms with Crippen LogP contribution in [0.25, 0.3) is 0 Å². The van der Waals surface area contributed by atoms with Crippen LogP contribution in [0, 0.1) is 0 Å². The maximum atomic E-state index is 3.73. The van der Waals surface area contributed by atoms with Crippen LogP contribution in [0.4, 0.5) is 11.4 Å². The molecule has 2 aromatic rings. The molecule has 21 heavy (non-hydrogen) atoms. The summed E-state index contributed by atoms with van der Waals surface area (Å²) < 4.78 is 1.18. The van der Waals surface area contributed by atoms with Crippen molar-refractivity contribution >= 4 is 27.3 Å². The van der Waals surface area contributed by atoms with Crippen LogP contribution >= 0.6 is 15.9 Å². The Morgan fingerprint density at radius 3 is 2.52 bits per heavy atom. The summed E-state index contributed by atoms with van der Waals surface area (Å²) in [5.41, 5.74) is 3.83. The highest BCUT2D eigenvalue weighted by Crippen LogP contribution is 2.35. The van der Waals surface area contributed by atoms with Crippen molar-refractivity contribution < 1.29 is 0 Å². The first-order valence-corrected chi connectivity index (χ1v) is 8.01. The van der Waals surface area contributed by atoms with E-state index in [2.05, 4.69) is 101 Å². The molecule has 0 N–H and O–H groups in total. The lowest BCUT2D eigenvalue weighted by Crippen LogP contribution is -2.29. The summed E-state index contributed by atoms with van der Waals surface area (Å²) in [5.74, 6) is 0. The number of nitrogens with zero attached hydrogens (tertiary/aromatic N) is 1. The molecule has 2 aromatic carbocycles. The van der Waals surface area contributed by atoms with Crippen LogP contribution in [0.3, 0.4) is 0 Å². The van der Waals surface area contributed by atoms with Crippen LogP contribution in [0.2, 0.25) is 0 Å². The van der Waals surface area contributed by atoms with Gasteiger partial charge in [-0.15, -0.1) is 0 Å². The smallest absolute Gasteiger partial charge is 0.0628 e. The van der Waals surface area contributed by atoms with E-state index in [0.29, 0.717) is 0 Å². The molecule has 0 fully saturated rings. The van der Waals surface area contributed by atoms with Crippen molar-refractivity contribution in [1.82, 2.24) is 0 Å². The molecule has 0 radical (unpaired) electrons. The van der Waals surface area contributed by atoms with Gasteiger partial charge in [0.2, 0.25) is 0 Å². The van der Waals surface area contributed by atoms with Crippen LogP contribution in [0.5, 0.6) is 0 Å². The number of hydrogen-bond donors (Lipinski definition) is 0. The van der Waals surface area contributed by atoms with Crippen molar-refractivity contribution in [3.05, 3.63) is 82.9 Å². The van der Waals surface area contributed by atoms with Crippen molar-refractivity contribution in [2.75, 3.05) is 4.90 Å². The monoisotopic (exact) mass is 339 g/mol. The average Bonchev–Trinajstić information content (AvgIpc) is 2.58. The normalized spacial score (nSPS) is 22.3. The summed E-state index contributed by atoms with van der Waals surface area (Å²) in [7, 11) is 0. The van der Waals surface area contributed by atoms with Gasteiger partial charge < -0.3 is 4.90 Å².